The molecule has 0 aliphatic carbocycles. The molecule has 3 nitrogen and oxygen atoms in total. The van der Waals surface area contributed by atoms with Crippen molar-refractivity contribution < 1.29 is 27.1 Å². The van der Waals surface area contributed by atoms with E-state index in [1.165, 1.54) is 20.8 Å². The van der Waals surface area contributed by atoms with E-state index in [2.05, 4.69) is 11.6 Å². The van der Waals surface area contributed by atoms with E-state index in [1.807, 2.05) is 0 Å². The summed E-state index contributed by atoms with van der Waals surface area (Å²) in [6, 6.07) is 0. The smallest absolute Gasteiger partial charge is 0.416 e. The number of alkyl halides is 3. The lowest BCUT2D eigenvalue weighted by Gasteiger charge is -2.21. The average Bonchev–Trinajstić information content (AvgIpc) is 2.23. The topological polar surface area (TPSA) is 39.2 Å². The van der Waals surface area contributed by atoms with Crippen LogP contribution in [0, 0.1) is 5.82 Å². The summed E-state index contributed by atoms with van der Waals surface area (Å²) in [6.45, 7) is 7.39. The first-order valence-corrected chi connectivity index (χ1v) is 5.57. The second-order valence-electron chi connectivity index (χ2n) is 5.02. The van der Waals surface area contributed by atoms with Gasteiger partial charge in [0.1, 0.15) is 11.2 Å². The Hall–Kier alpha value is -1.92. The van der Waals surface area contributed by atoms with Crippen LogP contribution in [0.2, 0.25) is 0 Å². The van der Waals surface area contributed by atoms with Gasteiger partial charge in [-0.2, -0.15) is 13.2 Å². The van der Waals surface area contributed by atoms with E-state index in [1.54, 1.807) is 0 Å². The molecular weight excluding hydrogens is 278 g/mol. The second kappa shape index (κ2) is 5.22. The zero-order valence-electron chi connectivity index (χ0n) is 11.1. The van der Waals surface area contributed by atoms with Gasteiger partial charge >= 0.3 is 12.1 Å². The Morgan fingerprint density at radius 3 is 2.25 bits per heavy atom. The van der Waals surface area contributed by atoms with Crippen molar-refractivity contribution in [3.05, 3.63) is 35.9 Å². The second-order valence-corrected chi connectivity index (χ2v) is 5.02. The molecule has 0 aliphatic heterocycles. The molecule has 0 atom stereocenters. The van der Waals surface area contributed by atoms with Crippen LogP contribution in [0.15, 0.2) is 19.0 Å². The monoisotopic (exact) mass is 291 g/mol. The predicted molar refractivity (Wildman–Crippen MR) is 64.5 cm³/mol. The maximum absolute atomic E-state index is 13.7. The first-order chi connectivity index (χ1) is 8.93. The highest BCUT2D eigenvalue weighted by Crippen LogP contribution is 2.34. The molecule has 0 aromatic carbocycles. The van der Waals surface area contributed by atoms with E-state index >= 15 is 0 Å². The third-order valence-electron chi connectivity index (χ3n) is 2.17. The lowest BCUT2D eigenvalue weighted by Crippen LogP contribution is -2.26. The van der Waals surface area contributed by atoms with Crippen molar-refractivity contribution in [2.45, 2.75) is 32.5 Å². The molecule has 0 saturated heterocycles. The Kier molecular flexibility index (Phi) is 4.21. The molecule has 1 rings (SSSR count). The molecule has 1 heterocycles. The molecule has 1 aromatic heterocycles. The van der Waals surface area contributed by atoms with Crippen LogP contribution in [0.25, 0.3) is 5.57 Å². The van der Waals surface area contributed by atoms with Gasteiger partial charge in [-0.15, -0.1) is 0 Å². The summed E-state index contributed by atoms with van der Waals surface area (Å²) >= 11 is 0. The number of pyridine rings is 1. The summed E-state index contributed by atoms with van der Waals surface area (Å²) in [5.74, 6) is -2.39. The van der Waals surface area contributed by atoms with E-state index in [-0.39, 0.29) is 0 Å². The predicted octanol–water partition coefficient (Wildman–Crippen LogP) is 3.75. The Bertz CT molecular complexity index is 544. The molecule has 20 heavy (non-hydrogen) atoms. The normalized spacial score (nSPS) is 12.2. The van der Waals surface area contributed by atoms with Crippen molar-refractivity contribution >= 4 is 11.5 Å². The summed E-state index contributed by atoms with van der Waals surface area (Å²) in [5.41, 5.74) is -3.88. The Balaban J connectivity index is 3.33. The van der Waals surface area contributed by atoms with Crippen molar-refractivity contribution in [1.29, 1.82) is 0 Å². The molecule has 1 aromatic rings. The first-order valence-electron chi connectivity index (χ1n) is 5.57. The van der Waals surface area contributed by atoms with Gasteiger partial charge in [-0.1, -0.05) is 6.58 Å². The Labute approximate surface area is 113 Å². The molecule has 110 valence electrons. The molecule has 0 N–H and O–H groups in total. The third kappa shape index (κ3) is 3.79. The van der Waals surface area contributed by atoms with Gasteiger partial charge in [0.2, 0.25) is 0 Å². The number of esters is 1. The molecule has 0 radical (unpaired) electrons. The molecule has 0 fully saturated rings. The zero-order chi connectivity index (χ0) is 15.7. The first kappa shape index (κ1) is 16.1. The summed E-state index contributed by atoms with van der Waals surface area (Å²) in [6.07, 6.45) is -3.42. The number of hydrogen-bond donors (Lipinski definition) is 0. The van der Waals surface area contributed by atoms with Crippen LogP contribution >= 0.6 is 0 Å². The van der Waals surface area contributed by atoms with Crippen LogP contribution in [0.1, 0.15) is 36.7 Å². The lowest BCUT2D eigenvalue weighted by atomic mass is 10.0. The number of aromatic nitrogens is 1. The highest BCUT2D eigenvalue weighted by atomic mass is 19.4. The molecule has 0 amide bonds. The standard InChI is InChI=1S/C13H13F4NO2/c1-7(13(15,16)17)8-5-18-6-9(14)10(8)11(19)20-12(2,3)4/h5-6H,1H2,2-4H3. The van der Waals surface area contributed by atoms with Gasteiger partial charge < -0.3 is 4.74 Å². The van der Waals surface area contributed by atoms with E-state index in [9.17, 15) is 22.4 Å². The summed E-state index contributed by atoms with van der Waals surface area (Å²) < 4.78 is 56.5. The van der Waals surface area contributed by atoms with Gasteiger partial charge in [0.05, 0.1) is 11.8 Å². The van der Waals surface area contributed by atoms with Gasteiger partial charge in [-0.3, -0.25) is 4.98 Å². The van der Waals surface area contributed by atoms with Crippen LogP contribution in [0.5, 0.6) is 0 Å². The fraction of sp³-hybridized carbons (Fsp3) is 0.385. The fourth-order valence-corrected chi connectivity index (χ4v) is 1.35. The molecular formula is C13H13F4NO2. The number of allylic oxidation sites excluding steroid dienone is 1. The van der Waals surface area contributed by atoms with E-state index in [4.69, 9.17) is 4.74 Å². The average molecular weight is 291 g/mol. The maximum Gasteiger partial charge on any atom is 0.416 e. The van der Waals surface area contributed by atoms with Crippen LogP contribution in [-0.2, 0) is 4.74 Å². The van der Waals surface area contributed by atoms with Crippen molar-refractivity contribution in [3.8, 4) is 0 Å². The number of ether oxygens (including phenoxy) is 1. The molecule has 0 aliphatic rings. The zero-order valence-corrected chi connectivity index (χ0v) is 11.1. The molecule has 0 unspecified atom stereocenters. The van der Waals surface area contributed by atoms with Crippen molar-refractivity contribution in [2.24, 2.45) is 0 Å². The highest BCUT2D eigenvalue weighted by Gasteiger charge is 2.37. The largest absolute Gasteiger partial charge is 0.456 e. The summed E-state index contributed by atoms with van der Waals surface area (Å²) in [4.78, 5) is 15.1. The van der Waals surface area contributed by atoms with Crippen LogP contribution in [0.4, 0.5) is 17.6 Å². The number of halogens is 4. The summed E-state index contributed by atoms with van der Waals surface area (Å²) in [7, 11) is 0. The van der Waals surface area contributed by atoms with Crippen molar-refractivity contribution in [2.75, 3.05) is 0 Å². The molecule has 0 saturated carbocycles. The quantitative estimate of drug-likeness (QED) is 0.615. The minimum absolute atomic E-state index is 0.645. The Morgan fingerprint density at radius 2 is 1.80 bits per heavy atom. The Morgan fingerprint density at radius 1 is 1.25 bits per heavy atom. The van der Waals surface area contributed by atoms with E-state index < -0.39 is 40.3 Å². The lowest BCUT2D eigenvalue weighted by molar-refractivity contribution is -0.0687. The third-order valence-corrected chi connectivity index (χ3v) is 2.17. The number of nitrogens with zero attached hydrogens (tertiary/aromatic N) is 1. The molecule has 0 bridgehead atoms. The SMILES string of the molecule is C=C(c1cncc(F)c1C(=O)OC(C)(C)C)C(F)(F)F. The van der Waals surface area contributed by atoms with Crippen molar-refractivity contribution in [1.82, 2.24) is 4.98 Å². The van der Waals surface area contributed by atoms with Crippen LogP contribution < -0.4 is 0 Å². The minimum atomic E-state index is -4.80. The van der Waals surface area contributed by atoms with Crippen molar-refractivity contribution in [3.63, 3.8) is 0 Å². The number of hydrogen-bond acceptors (Lipinski definition) is 3. The van der Waals surface area contributed by atoms with Gasteiger partial charge in [-0.05, 0) is 20.8 Å². The van der Waals surface area contributed by atoms with Gasteiger partial charge in [0.25, 0.3) is 0 Å². The minimum Gasteiger partial charge on any atom is -0.456 e. The van der Waals surface area contributed by atoms with Crippen LogP contribution in [0.3, 0.4) is 0 Å². The number of carbonyl (C=O) groups is 1. The fourth-order valence-electron chi connectivity index (χ4n) is 1.35. The van der Waals surface area contributed by atoms with E-state index in [0.717, 1.165) is 6.20 Å². The molecule has 7 heteroatoms. The van der Waals surface area contributed by atoms with Gasteiger partial charge in [0.15, 0.2) is 5.82 Å². The van der Waals surface area contributed by atoms with Gasteiger partial charge in [0, 0.05) is 11.8 Å². The van der Waals surface area contributed by atoms with E-state index in [0.29, 0.717) is 6.20 Å². The number of carbonyl (C=O) groups excluding carboxylic acids is 1. The summed E-state index contributed by atoms with van der Waals surface area (Å²) in [5, 5.41) is 0. The van der Waals surface area contributed by atoms with Gasteiger partial charge in [-0.25, -0.2) is 9.18 Å². The number of rotatable bonds is 2. The molecule has 0 spiro atoms. The van der Waals surface area contributed by atoms with Crippen LogP contribution in [-0.4, -0.2) is 22.7 Å². The highest BCUT2D eigenvalue weighted by molar-refractivity contribution is 5.96. The maximum atomic E-state index is 13.7.